The monoisotopic (exact) mass is 376 g/mol. The standard InChI is InChI=1S/C22H28N6/c1-27(2)15-14-23-20-16-21(24-18-10-12-19(13-11-18)28(3)4)26-22(25-20)17-8-6-5-7-9-17/h5-13,16H,14-15H2,1-4H3,(H2,23,24,25,26). The van der Waals surface area contributed by atoms with Gasteiger partial charge in [0, 0.05) is 50.2 Å². The van der Waals surface area contributed by atoms with Gasteiger partial charge in [-0.25, -0.2) is 9.97 Å². The highest BCUT2D eigenvalue weighted by Crippen LogP contribution is 2.24. The fourth-order valence-electron chi connectivity index (χ4n) is 2.72. The van der Waals surface area contributed by atoms with E-state index in [1.54, 1.807) is 0 Å². The lowest BCUT2D eigenvalue weighted by Gasteiger charge is -2.15. The molecule has 6 nitrogen and oxygen atoms in total. The lowest BCUT2D eigenvalue weighted by Crippen LogP contribution is -2.21. The van der Waals surface area contributed by atoms with Crippen molar-refractivity contribution in [3.63, 3.8) is 0 Å². The van der Waals surface area contributed by atoms with Gasteiger partial charge >= 0.3 is 0 Å². The minimum atomic E-state index is 0.697. The van der Waals surface area contributed by atoms with Crippen LogP contribution in [0.1, 0.15) is 0 Å². The van der Waals surface area contributed by atoms with Crippen molar-refractivity contribution in [2.75, 3.05) is 56.8 Å². The molecule has 0 saturated heterocycles. The van der Waals surface area contributed by atoms with Crippen molar-refractivity contribution in [1.29, 1.82) is 0 Å². The van der Waals surface area contributed by atoms with Crippen LogP contribution in [0.25, 0.3) is 11.4 Å². The number of anilines is 4. The average molecular weight is 377 g/mol. The number of aromatic nitrogens is 2. The molecule has 1 aromatic heterocycles. The normalized spacial score (nSPS) is 10.8. The second-order valence-corrected chi connectivity index (χ2v) is 7.12. The number of hydrogen-bond donors (Lipinski definition) is 2. The van der Waals surface area contributed by atoms with Crippen molar-refractivity contribution in [3.8, 4) is 11.4 Å². The molecule has 3 aromatic rings. The van der Waals surface area contributed by atoms with Crippen molar-refractivity contribution in [2.45, 2.75) is 0 Å². The first-order valence-electron chi connectivity index (χ1n) is 9.39. The molecule has 0 amide bonds. The van der Waals surface area contributed by atoms with E-state index in [1.807, 2.05) is 50.5 Å². The second-order valence-electron chi connectivity index (χ2n) is 7.12. The molecule has 0 aliphatic carbocycles. The van der Waals surface area contributed by atoms with E-state index in [4.69, 9.17) is 9.97 Å². The number of nitrogens with zero attached hydrogens (tertiary/aromatic N) is 4. The maximum absolute atomic E-state index is 4.72. The molecule has 0 bridgehead atoms. The zero-order valence-corrected chi connectivity index (χ0v) is 17.0. The third-order valence-electron chi connectivity index (χ3n) is 4.28. The molecular weight excluding hydrogens is 348 g/mol. The van der Waals surface area contributed by atoms with Crippen LogP contribution in [-0.2, 0) is 0 Å². The number of rotatable bonds is 8. The van der Waals surface area contributed by atoms with Crippen LogP contribution < -0.4 is 15.5 Å². The van der Waals surface area contributed by atoms with Crippen LogP contribution in [0.3, 0.4) is 0 Å². The highest BCUT2D eigenvalue weighted by molar-refractivity contribution is 5.66. The molecule has 0 spiro atoms. The Morgan fingerprint density at radius 2 is 1.50 bits per heavy atom. The summed E-state index contributed by atoms with van der Waals surface area (Å²) in [7, 11) is 8.18. The second kappa shape index (κ2) is 9.19. The third kappa shape index (κ3) is 5.44. The summed E-state index contributed by atoms with van der Waals surface area (Å²) in [5.74, 6) is 2.27. The van der Waals surface area contributed by atoms with Crippen LogP contribution in [0, 0.1) is 0 Å². The summed E-state index contributed by atoms with van der Waals surface area (Å²) >= 11 is 0. The molecule has 2 aromatic carbocycles. The van der Waals surface area contributed by atoms with Crippen LogP contribution in [0.15, 0.2) is 60.7 Å². The van der Waals surface area contributed by atoms with Crippen molar-refractivity contribution in [1.82, 2.24) is 14.9 Å². The molecule has 0 aliphatic heterocycles. The number of benzene rings is 2. The Bertz CT molecular complexity index is 875. The van der Waals surface area contributed by atoms with Gasteiger partial charge < -0.3 is 20.4 Å². The molecule has 0 atom stereocenters. The van der Waals surface area contributed by atoms with Gasteiger partial charge in [0.2, 0.25) is 0 Å². The highest BCUT2D eigenvalue weighted by Gasteiger charge is 2.08. The Kier molecular flexibility index (Phi) is 6.45. The lowest BCUT2D eigenvalue weighted by molar-refractivity contribution is 0.425. The molecule has 146 valence electrons. The maximum atomic E-state index is 4.72. The zero-order valence-electron chi connectivity index (χ0n) is 17.0. The van der Waals surface area contributed by atoms with Crippen LogP contribution in [0.4, 0.5) is 23.0 Å². The maximum Gasteiger partial charge on any atom is 0.163 e. The number of nitrogens with one attached hydrogen (secondary N) is 2. The zero-order chi connectivity index (χ0) is 19.9. The molecule has 0 unspecified atom stereocenters. The largest absolute Gasteiger partial charge is 0.378 e. The number of likely N-dealkylation sites (N-methyl/N-ethyl adjacent to an activating group) is 1. The van der Waals surface area contributed by atoms with Gasteiger partial charge in [0.05, 0.1) is 0 Å². The van der Waals surface area contributed by atoms with Gasteiger partial charge in [0.15, 0.2) is 5.82 Å². The SMILES string of the molecule is CN(C)CCNc1cc(Nc2ccc(N(C)C)cc2)nc(-c2ccccc2)n1. The Hall–Kier alpha value is -3.12. The fraction of sp³-hybridized carbons (Fsp3) is 0.273. The van der Waals surface area contributed by atoms with E-state index in [9.17, 15) is 0 Å². The molecule has 28 heavy (non-hydrogen) atoms. The third-order valence-corrected chi connectivity index (χ3v) is 4.28. The van der Waals surface area contributed by atoms with Crippen molar-refractivity contribution in [3.05, 3.63) is 60.7 Å². The van der Waals surface area contributed by atoms with Crippen molar-refractivity contribution < 1.29 is 0 Å². The molecule has 2 N–H and O–H groups in total. The summed E-state index contributed by atoms with van der Waals surface area (Å²) in [4.78, 5) is 13.6. The minimum absolute atomic E-state index is 0.697. The van der Waals surface area contributed by atoms with Crippen molar-refractivity contribution >= 4 is 23.0 Å². The summed E-state index contributed by atoms with van der Waals surface area (Å²) in [6.07, 6.45) is 0. The highest BCUT2D eigenvalue weighted by atomic mass is 15.1. The first-order chi connectivity index (χ1) is 13.5. The predicted molar refractivity (Wildman–Crippen MR) is 119 cm³/mol. The fourth-order valence-corrected chi connectivity index (χ4v) is 2.72. The molecule has 1 heterocycles. The van der Waals surface area contributed by atoms with Gasteiger partial charge in [-0.15, -0.1) is 0 Å². The van der Waals surface area contributed by atoms with Crippen LogP contribution in [0.2, 0.25) is 0 Å². The van der Waals surface area contributed by atoms with E-state index in [0.717, 1.165) is 41.7 Å². The molecular formula is C22H28N6. The molecule has 6 heteroatoms. The Morgan fingerprint density at radius 1 is 0.821 bits per heavy atom. The van der Waals surface area contributed by atoms with Gasteiger partial charge in [-0.1, -0.05) is 30.3 Å². The first kappa shape index (κ1) is 19.6. The smallest absolute Gasteiger partial charge is 0.163 e. The molecule has 0 radical (unpaired) electrons. The van der Waals surface area contributed by atoms with E-state index in [0.29, 0.717) is 5.82 Å². The minimum Gasteiger partial charge on any atom is -0.378 e. The predicted octanol–water partition coefficient (Wildman–Crippen LogP) is 3.93. The van der Waals surface area contributed by atoms with Crippen molar-refractivity contribution in [2.24, 2.45) is 0 Å². The molecule has 0 aliphatic rings. The van der Waals surface area contributed by atoms with Gasteiger partial charge in [-0.05, 0) is 38.4 Å². The van der Waals surface area contributed by atoms with E-state index in [-0.39, 0.29) is 0 Å². The summed E-state index contributed by atoms with van der Waals surface area (Å²) in [5, 5.41) is 6.80. The van der Waals surface area contributed by atoms with Gasteiger partial charge in [0.25, 0.3) is 0 Å². The Morgan fingerprint density at radius 3 is 2.14 bits per heavy atom. The molecule has 0 saturated carbocycles. The van der Waals surface area contributed by atoms with E-state index in [1.165, 1.54) is 0 Å². The van der Waals surface area contributed by atoms with Crippen LogP contribution in [-0.4, -0.2) is 56.1 Å². The summed E-state index contributed by atoms with van der Waals surface area (Å²) in [5.41, 5.74) is 3.14. The van der Waals surface area contributed by atoms with E-state index in [2.05, 4.69) is 58.8 Å². The Labute approximate surface area is 167 Å². The van der Waals surface area contributed by atoms with Gasteiger partial charge in [0.1, 0.15) is 11.6 Å². The summed E-state index contributed by atoms with van der Waals surface area (Å²) in [6, 6.07) is 20.3. The Balaban J connectivity index is 1.85. The first-order valence-corrected chi connectivity index (χ1v) is 9.39. The molecule has 0 fully saturated rings. The summed E-state index contributed by atoms with van der Waals surface area (Å²) < 4.78 is 0. The van der Waals surface area contributed by atoms with Crippen LogP contribution >= 0.6 is 0 Å². The van der Waals surface area contributed by atoms with Gasteiger partial charge in [-0.3, -0.25) is 0 Å². The average Bonchev–Trinajstić information content (AvgIpc) is 2.68. The topological polar surface area (TPSA) is 56.3 Å². The van der Waals surface area contributed by atoms with E-state index >= 15 is 0 Å². The van der Waals surface area contributed by atoms with E-state index < -0.39 is 0 Å². The molecule has 3 rings (SSSR count). The van der Waals surface area contributed by atoms with Crippen LogP contribution in [0.5, 0.6) is 0 Å². The number of hydrogen-bond acceptors (Lipinski definition) is 6. The van der Waals surface area contributed by atoms with Gasteiger partial charge in [-0.2, -0.15) is 0 Å². The quantitative estimate of drug-likeness (QED) is 0.621. The lowest BCUT2D eigenvalue weighted by atomic mass is 10.2. The summed E-state index contributed by atoms with van der Waals surface area (Å²) in [6.45, 7) is 1.74.